The second-order valence-electron chi connectivity index (χ2n) is 6.02. The van der Waals surface area contributed by atoms with E-state index in [1.54, 1.807) is 40.1 Å². The molecule has 0 unspecified atom stereocenters. The van der Waals surface area contributed by atoms with Crippen LogP contribution in [0.3, 0.4) is 0 Å². The molecule has 1 aromatic heterocycles. The number of aryl methyl sites for hydroxylation is 1. The first kappa shape index (κ1) is 21.8. The molecule has 1 N–H and O–H groups in total. The van der Waals surface area contributed by atoms with Gasteiger partial charge in [0, 0.05) is 26.3 Å². The Labute approximate surface area is 166 Å². The second-order valence-corrected chi connectivity index (χ2v) is 7.95. The minimum Gasteiger partial charge on any atom is -0.493 e. The number of benzene rings is 1. The van der Waals surface area contributed by atoms with Crippen molar-refractivity contribution >= 4 is 15.9 Å². The molecule has 2 rings (SSSR count). The molecular weight excluding hydrogens is 382 g/mol. The lowest BCUT2D eigenvalue weighted by Crippen LogP contribution is -2.30. The summed E-state index contributed by atoms with van der Waals surface area (Å²) in [5.41, 5.74) is 0.267. The molecule has 0 aliphatic heterocycles. The Morgan fingerprint density at radius 1 is 1.18 bits per heavy atom. The highest BCUT2D eigenvalue weighted by Crippen LogP contribution is 2.25. The van der Waals surface area contributed by atoms with Crippen molar-refractivity contribution in [2.24, 2.45) is 7.05 Å². The van der Waals surface area contributed by atoms with Gasteiger partial charge in [0.05, 0.1) is 13.7 Å². The van der Waals surface area contributed by atoms with E-state index in [9.17, 15) is 13.2 Å². The van der Waals surface area contributed by atoms with Crippen LogP contribution < -0.4 is 14.8 Å². The molecule has 0 atom stereocenters. The molecule has 1 aromatic carbocycles. The van der Waals surface area contributed by atoms with Gasteiger partial charge in [-0.1, -0.05) is 26.0 Å². The minimum atomic E-state index is -3.61. The summed E-state index contributed by atoms with van der Waals surface area (Å²) in [4.78, 5) is 12.5. The van der Waals surface area contributed by atoms with E-state index in [1.807, 2.05) is 12.1 Å². The van der Waals surface area contributed by atoms with E-state index in [-0.39, 0.29) is 29.6 Å². The highest BCUT2D eigenvalue weighted by Gasteiger charge is 2.25. The molecule has 1 amide bonds. The number of carbonyl (C=O) groups is 1. The molecule has 0 fully saturated rings. The maximum Gasteiger partial charge on any atom is 0.268 e. The lowest BCUT2D eigenvalue weighted by atomic mass is 10.3. The van der Waals surface area contributed by atoms with Crippen LogP contribution in [0, 0.1) is 0 Å². The van der Waals surface area contributed by atoms with Gasteiger partial charge < -0.3 is 19.4 Å². The summed E-state index contributed by atoms with van der Waals surface area (Å²) < 4.78 is 38.9. The fourth-order valence-corrected chi connectivity index (χ4v) is 4.30. The van der Waals surface area contributed by atoms with Gasteiger partial charge >= 0.3 is 0 Å². The van der Waals surface area contributed by atoms with Crippen LogP contribution in [0.1, 0.15) is 24.3 Å². The molecule has 9 heteroatoms. The largest absolute Gasteiger partial charge is 0.493 e. The lowest BCUT2D eigenvalue weighted by Gasteiger charge is -2.17. The highest BCUT2D eigenvalue weighted by molar-refractivity contribution is 7.89. The minimum absolute atomic E-state index is 0.106. The summed E-state index contributed by atoms with van der Waals surface area (Å²) in [6.07, 6.45) is 1.45. The second kappa shape index (κ2) is 9.61. The van der Waals surface area contributed by atoms with Crippen LogP contribution in [-0.4, -0.2) is 56.5 Å². The van der Waals surface area contributed by atoms with Gasteiger partial charge in [-0.25, -0.2) is 8.42 Å². The van der Waals surface area contributed by atoms with Crippen LogP contribution in [-0.2, 0) is 17.1 Å². The highest BCUT2D eigenvalue weighted by atomic mass is 32.2. The van der Waals surface area contributed by atoms with Gasteiger partial charge in [0.1, 0.15) is 17.2 Å². The summed E-state index contributed by atoms with van der Waals surface area (Å²) in [6, 6.07) is 8.63. The van der Waals surface area contributed by atoms with Gasteiger partial charge in [-0.15, -0.1) is 0 Å². The van der Waals surface area contributed by atoms with Crippen LogP contribution in [0.25, 0.3) is 0 Å². The Morgan fingerprint density at radius 2 is 1.82 bits per heavy atom. The number of methoxy groups -OCH3 is 1. The smallest absolute Gasteiger partial charge is 0.268 e. The zero-order valence-corrected chi connectivity index (χ0v) is 17.5. The molecule has 28 heavy (non-hydrogen) atoms. The molecule has 1 heterocycles. The van der Waals surface area contributed by atoms with Crippen molar-refractivity contribution in [3.05, 3.63) is 42.2 Å². The summed E-state index contributed by atoms with van der Waals surface area (Å²) in [5.74, 6) is 0.834. The van der Waals surface area contributed by atoms with Crippen molar-refractivity contribution in [1.29, 1.82) is 0 Å². The molecule has 8 nitrogen and oxygen atoms in total. The quantitative estimate of drug-likeness (QED) is 0.605. The molecular formula is C19H27N3O5S. The molecule has 0 saturated heterocycles. The Kier molecular flexibility index (Phi) is 7.47. The average Bonchev–Trinajstić information content (AvgIpc) is 3.08. The molecule has 0 aliphatic rings. The number of hydrogen-bond acceptors (Lipinski definition) is 5. The number of carbonyl (C=O) groups excluding carboxylic acids is 1. The predicted molar refractivity (Wildman–Crippen MR) is 106 cm³/mol. The summed E-state index contributed by atoms with van der Waals surface area (Å²) in [5, 5.41) is 2.74. The van der Waals surface area contributed by atoms with Crippen molar-refractivity contribution in [3.63, 3.8) is 0 Å². The molecule has 0 saturated carbocycles. The fourth-order valence-electron chi connectivity index (χ4n) is 2.77. The van der Waals surface area contributed by atoms with E-state index in [1.165, 1.54) is 21.1 Å². The third-order valence-corrected chi connectivity index (χ3v) is 6.29. The number of ether oxygens (including phenoxy) is 2. The van der Waals surface area contributed by atoms with Crippen LogP contribution in [0.4, 0.5) is 0 Å². The van der Waals surface area contributed by atoms with Crippen molar-refractivity contribution in [3.8, 4) is 11.5 Å². The fraction of sp³-hybridized carbons (Fsp3) is 0.421. The third-order valence-electron chi connectivity index (χ3n) is 4.27. The number of nitrogens with one attached hydrogen (secondary N) is 1. The van der Waals surface area contributed by atoms with E-state index < -0.39 is 10.0 Å². The van der Waals surface area contributed by atoms with Gasteiger partial charge in [-0.05, 0) is 18.2 Å². The summed E-state index contributed by atoms with van der Waals surface area (Å²) in [6.45, 7) is 4.81. The average molecular weight is 410 g/mol. The number of hydrogen-bond donors (Lipinski definition) is 1. The van der Waals surface area contributed by atoms with Crippen LogP contribution in [0.2, 0.25) is 0 Å². The SMILES string of the molecule is CCN(CC)S(=O)(=O)c1cc(C(=O)NCCOc2ccccc2OC)n(C)c1. The van der Waals surface area contributed by atoms with Gasteiger partial charge in [0.2, 0.25) is 10.0 Å². The first-order valence-electron chi connectivity index (χ1n) is 9.05. The van der Waals surface area contributed by atoms with E-state index in [0.717, 1.165) is 0 Å². The summed E-state index contributed by atoms with van der Waals surface area (Å²) in [7, 11) is -0.412. The molecule has 2 aromatic rings. The lowest BCUT2D eigenvalue weighted by molar-refractivity contribution is 0.0938. The molecule has 0 spiro atoms. The number of aromatic nitrogens is 1. The van der Waals surface area contributed by atoms with Crippen molar-refractivity contribution in [2.45, 2.75) is 18.7 Å². The van der Waals surface area contributed by atoms with Crippen molar-refractivity contribution in [1.82, 2.24) is 14.2 Å². The monoisotopic (exact) mass is 409 g/mol. The number of amides is 1. The van der Waals surface area contributed by atoms with Crippen LogP contribution >= 0.6 is 0 Å². The Hall–Kier alpha value is -2.52. The third kappa shape index (κ3) is 4.85. The molecule has 0 bridgehead atoms. The number of rotatable bonds is 10. The maximum atomic E-state index is 12.6. The Bertz CT molecular complexity index is 904. The van der Waals surface area contributed by atoms with Crippen LogP contribution in [0.15, 0.2) is 41.4 Å². The standard InChI is InChI=1S/C19H27N3O5S/c1-5-22(6-2)28(24,25)15-13-16(21(3)14-15)19(23)20-11-12-27-18-10-8-7-9-17(18)26-4/h7-10,13-14H,5-6,11-12H2,1-4H3,(H,20,23). The Morgan fingerprint density at radius 3 is 2.43 bits per heavy atom. The molecule has 0 radical (unpaired) electrons. The van der Waals surface area contributed by atoms with E-state index in [0.29, 0.717) is 24.6 Å². The Balaban J connectivity index is 1.99. The van der Waals surface area contributed by atoms with Crippen molar-refractivity contribution < 1.29 is 22.7 Å². The normalized spacial score (nSPS) is 11.5. The van der Waals surface area contributed by atoms with Gasteiger partial charge in [-0.3, -0.25) is 4.79 Å². The maximum absolute atomic E-state index is 12.6. The molecule has 0 aliphatic carbocycles. The van der Waals surface area contributed by atoms with Gasteiger partial charge in [0.15, 0.2) is 11.5 Å². The number of sulfonamides is 1. The first-order chi connectivity index (χ1) is 13.3. The predicted octanol–water partition coefficient (Wildman–Crippen LogP) is 1.87. The number of nitrogens with zero attached hydrogens (tertiary/aromatic N) is 2. The topological polar surface area (TPSA) is 89.9 Å². The van der Waals surface area contributed by atoms with E-state index >= 15 is 0 Å². The van der Waals surface area contributed by atoms with Crippen molar-refractivity contribution in [2.75, 3.05) is 33.4 Å². The van der Waals surface area contributed by atoms with Gasteiger partial charge in [0.25, 0.3) is 5.91 Å². The zero-order valence-electron chi connectivity index (χ0n) is 16.6. The first-order valence-corrected chi connectivity index (χ1v) is 10.5. The zero-order chi connectivity index (χ0) is 20.7. The summed E-state index contributed by atoms with van der Waals surface area (Å²) >= 11 is 0. The molecule has 154 valence electrons. The van der Waals surface area contributed by atoms with E-state index in [2.05, 4.69) is 5.32 Å². The van der Waals surface area contributed by atoms with Crippen LogP contribution in [0.5, 0.6) is 11.5 Å². The van der Waals surface area contributed by atoms with E-state index in [4.69, 9.17) is 9.47 Å². The van der Waals surface area contributed by atoms with Gasteiger partial charge in [-0.2, -0.15) is 4.31 Å². The number of para-hydroxylation sites is 2.